The van der Waals surface area contributed by atoms with Crippen LogP contribution in [0.3, 0.4) is 0 Å². The molecule has 2 aromatic carbocycles. The summed E-state index contributed by atoms with van der Waals surface area (Å²) in [5.41, 5.74) is 1.45. The third-order valence-corrected chi connectivity index (χ3v) is 4.72. The Morgan fingerprint density at radius 2 is 1.82 bits per heavy atom. The maximum absolute atomic E-state index is 12.5. The van der Waals surface area contributed by atoms with Crippen molar-refractivity contribution in [3.8, 4) is 11.5 Å². The zero-order valence-electron chi connectivity index (χ0n) is 17.8. The van der Waals surface area contributed by atoms with Crippen molar-refractivity contribution in [2.75, 3.05) is 31.7 Å². The van der Waals surface area contributed by atoms with Gasteiger partial charge >= 0.3 is 12.0 Å². The molecule has 2 N–H and O–H groups in total. The number of carbonyl (C=O) groups excluding carboxylic acids is 3. The number of anilines is 1. The molecule has 0 bridgehead atoms. The average molecular weight is 454 g/mol. The van der Waals surface area contributed by atoms with E-state index >= 15 is 0 Å². The van der Waals surface area contributed by atoms with Crippen LogP contribution in [0.25, 0.3) is 11.0 Å². The predicted molar refractivity (Wildman–Crippen MR) is 116 cm³/mol. The molecule has 1 aromatic heterocycles. The van der Waals surface area contributed by atoms with Gasteiger partial charge in [-0.15, -0.1) is 0 Å². The molecule has 0 aliphatic carbocycles. The molecule has 10 heteroatoms. The van der Waals surface area contributed by atoms with Crippen LogP contribution in [0.4, 0.5) is 10.5 Å². The Morgan fingerprint density at radius 3 is 2.64 bits per heavy atom. The molecule has 1 aliphatic heterocycles. The number of urea groups is 1. The summed E-state index contributed by atoms with van der Waals surface area (Å²) >= 11 is 0. The Morgan fingerprint density at radius 1 is 1.03 bits per heavy atom. The molecule has 0 radical (unpaired) electrons. The van der Waals surface area contributed by atoms with Crippen LogP contribution in [0.5, 0.6) is 11.5 Å². The molecule has 0 saturated carbocycles. The van der Waals surface area contributed by atoms with E-state index in [4.69, 9.17) is 23.4 Å². The highest BCUT2D eigenvalue weighted by Gasteiger charge is 2.23. The number of benzene rings is 2. The van der Waals surface area contributed by atoms with Crippen molar-refractivity contribution < 1.29 is 37.7 Å². The molecule has 172 valence electrons. The molecule has 10 nitrogen and oxygen atoms in total. The molecule has 1 aliphatic rings. The van der Waals surface area contributed by atoms with Crippen LogP contribution in [0, 0.1) is 0 Å². The van der Waals surface area contributed by atoms with Crippen LogP contribution >= 0.6 is 0 Å². The Labute approximate surface area is 188 Å². The van der Waals surface area contributed by atoms with Crippen molar-refractivity contribution in [2.24, 2.45) is 0 Å². The standard InChI is InChI=1S/C23H22N2O8/c1-2-29-12-16-15-5-3-4-6-17(15)33-21(16)22(27)32-13-20(26)25-23(28)24-14-7-8-18-19(11-14)31-10-9-30-18/h3-8,11H,2,9-10,12-13H2,1H3,(H2,24,25,26,28). The van der Waals surface area contributed by atoms with E-state index in [2.05, 4.69) is 10.6 Å². The third-order valence-electron chi connectivity index (χ3n) is 4.72. The summed E-state index contributed by atoms with van der Waals surface area (Å²) in [6, 6.07) is 11.2. The Hall–Kier alpha value is -4.05. The van der Waals surface area contributed by atoms with E-state index in [1.54, 1.807) is 36.4 Å². The van der Waals surface area contributed by atoms with Gasteiger partial charge in [0.25, 0.3) is 5.91 Å². The highest BCUT2D eigenvalue weighted by molar-refractivity contribution is 6.03. The first-order valence-corrected chi connectivity index (χ1v) is 10.3. The van der Waals surface area contributed by atoms with Gasteiger partial charge in [-0.2, -0.15) is 0 Å². The molecule has 3 amide bonds. The molecule has 0 saturated heterocycles. The summed E-state index contributed by atoms with van der Waals surface area (Å²) in [5.74, 6) is -0.611. The maximum atomic E-state index is 12.5. The summed E-state index contributed by atoms with van der Waals surface area (Å²) in [5, 5.41) is 5.33. The monoisotopic (exact) mass is 454 g/mol. The van der Waals surface area contributed by atoms with Gasteiger partial charge in [0.05, 0.1) is 6.61 Å². The van der Waals surface area contributed by atoms with Crippen molar-refractivity contribution in [1.29, 1.82) is 0 Å². The van der Waals surface area contributed by atoms with Gasteiger partial charge in [0.2, 0.25) is 5.76 Å². The van der Waals surface area contributed by atoms with Crippen molar-refractivity contribution in [2.45, 2.75) is 13.5 Å². The SMILES string of the molecule is CCOCc1c(C(=O)OCC(=O)NC(=O)Nc2ccc3c(c2)OCCO3)oc2ccccc12. The fraction of sp³-hybridized carbons (Fsp3) is 0.261. The second-order valence-electron chi connectivity index (χ2n) is 6.98. The van der Waals surface area contributed by atoms with E-state index in [0.29, 0.717) is 48.2 Å². The normalized spacial score (nSPS) is 12.3. The van der Waals surface area contributed by atoms with Gasteiger partial charge in [-0.1, -0.05) is 18.2 Å². The molecule has 0 atom stereocenters. The zero-order chi connectivity index (χ0) is 23.2. The summed E-state index contributed by atoms with van der Waals surface area (Å²) in [6.07, 6.45) is 0. The number of furan rings is 1. The van der Waals surface area contributed by atoms with Crippen LogP contribution in [0.15, 0.2) is 46.9 Å². The summed E-state index contributed by atoms with van der Waals surface area (Å²) in [6.45, 7) is 2.63. The number of amides is 3. The van der Waals surface area contributed by atoms with Gasteiger partial charge < -0.3 is 28.7 Å². The molecule has 2 heterocycles. The van der Waals surface area contributed by atoms with E-state index in [1.807, 2.05) is 13.0 Å². The molecule has 33 heavy (non-hydrogen) atoms. The topological polar surface area (TPSA) is 125 Å². The lowest BCUT2D eigenvalue weighted by molar-refractivity contribution is -0.123. The number of esters is 1. The summed E-state index contributed by atoms with van der Waals surface area (Å²) < 4.78 is 27.0. The van der Waals surface area contributed by atoms with Gasteiger partial charge in [0, 0.05) is 29.3 Å². The first-order valence-electron chi connectivity index (χ1n) is 10.3. The molecule has 0 unspecified atom stereocenters. The maximum Gasteiger partial charge on any atom is 0.375 e. The minimum atomic E-state index is -0.830. The minimum absolute atomic E-state index is 0.0434. The Balaban J connectivity index is 1.33. The van der Waals surface area contributed by atoms with E-state index < -0.39 is 24.5 Å². The molecule has 3 aromatic rings. The molecular weight excluding hydrogens is 432 g/mol. The van der Waals surface area contributed by atoms with Crippen molar-refractivity contribution in [3.05, 3.63) is 53.8 Å². The number of carbonyl (C=O) groups is 3. The second kappa shape index (κ2) is 10.0. The third kappa shape index (κ3) is 5.24. The number of fused-ring (bicyclic) bond motifs is 2. The predicted octanol–water partition coefficient (Wildman–Crippen LogP) is 3.25. The second-order valence-corrected chi connectivity index (χ2v) is 6.98. The number of hydrogen-bond acceptors (Lipinski definition) is 8. The lowest BCUT2D eigenvalue weighted by Gasteiger charge is -2.19. The van der Waals surface area contributed by atoms with Gasteiger partial charge in [0.1, 0.15) is 18.8 Å². The minimum Gasteiger partial charge on any atom is -0.486 e. The van der Waals surface area contributed by atoms with E-state index in [1.165, 1.54) is 0 Å². The van der Waals surface area contributed by atoms with E-state index in [-0.39, 0.29) is 12.4 Å². The van der Waals surface area contributed by atoms with Crippen LogP contribution < -0.4 is 20.1 Å². The van der Waals surface area contributed by atoms with Gasteiger partial charge in [0.15, 0.2) is 18.1 Å². The molecule has 0 fully saturated rings. The average Bonchev–Trinajstić information content (AvgIpc) is 3.19. The molecule has 0 spiro atoms. The van der Waals surface area contributed by atoms with E-state index in [0.717, 1.165) is 5.39 Å². The smallest absolute Gasteiger partial charge is 0.375 e. The lowest BCUT2D eigenvalue weighted by atomic mass is 10.1. The van der Waals surface area contributed by atoms with Crippen molar-refractivity contribution >= 4 is 34.6 Å². The summed E-state index contributed by atoms with van der Waals surface area (Å²) in [7, 11) is 0. The van der Waals surface area contributed by atoms with Crippen LogP contribution in [0.1, 0.15) is 23.0 Å². The lowest BCUT2D eigenvalue weighted by Crippen LogP contribution is -2.37. The van der Waals surface area contributed by atoms with Gasteiger partial charge in [-0.25, -0.2) is 9.59 Å². The van der Waals surface area contributed by atoms with Crippen molar-refractivity contribution in [1.82, 2.24) is 5.32 Å². The highest BCUT2D eigenvalue weighted by atomic mass is 16.6. The Kier molecular flexibility index (Phi) is 6.75. The van der Waals surface area contributed by atoms with Crippen molar-refractivity contribution in [3.63, 3.8) is 0 Å². The van der Waals surface area contributed by atoms with E-state index in [9.17, 15) is 14.4 Å². The number of para-hydroxylation sites is 1. The summed E-state index contributed by atoms with van der Waals surface area (Å²) in [4.78, 5) is 36.7. The van der Waals surface area contributed by atoms with Crippen LogP contribution in [0.2, 0.25) is 0 Å². The molecule has 4 rings (SSSR count). The fourth-order valence-electron chi connectivity index (χ4n) is 3.25. The van der Waals surface area contributed by atoms with Gasteiger partial charge in [-0.3, -0.25) is 10.1 Å². The van der Waals surface area contributed by atoms with Crippen LogP contribution in [-0.2, 0) is 20.9 Å². The van der Waals surface area contributed by atoms with Gasteiger partial charge in [-0.05, 0) is 25.1 Å². The first-order chi connectivity index (χ1) is 16.0. The Bertz CT molecular complexity index is 1190. The largest absolute Gasteiger partial charge is 0.486 e. The van der Waals surface area contributed by atoms with Crippen LogP contribution in [-0.4, -0.2) is 44.3 Å². The number of hydrogen-bond donors (Lipinski definition) is 2. The molecular formula is C23H22N2O8. The first kappa shape index (κ1) is 22.2. The fourth-order valence-corrected chi connectivity index (χ4v) is 3.25. The zero-order valence-corrected chi connectivity index (χ0v) is 17.8. The highest BCUT2D eigenvalue weighted by Crippen LogP contribution is 2.32. The quantitative estimate of drug-likeness (QED) is 0.521. The number of nitrogens with one attached hydrogen (secondary N) is 2. The number of imide groups is 1. The number of rotatable bonds is 7. The number of ether oxygens (including phenoxy) is 4.